The monoisotopic (exact) mass is 355 g/mol. The molecule has 4 nitrogen and oxygen atoms in total. The van der Waals surface area contributed by atoms with Crippen LogP contribution in [0.2, 0.25) is 0 Å². The Bertz CT molecular complexity index is 737. The van der Waals surface area contributed by atoms with Crippen LogP contribution >= 0.6 is 11.8 Å². The zero-order valence-corrected chi connectivity index (χ0v) is 16.0. The molecule has 1 amide bonds. The number of carbonyl (C=O) groups excluding carboxylic acids is 1. The number of piperidine rings is 1. The Morgan fingerprint density at radius 3 is 2.52 bits per heavy atom. The van der Waals surface area contributed by atoms with E-state index < -0.39 is 0 Å². The molecular weight excluding hydrogens is 330 g/mol. The van der Waals surface area contributed by atoms with Crippen LogP contribution in [0.5, 0.6) is 0 Å². The maximum Gasteiger partial charge on any atom is 0.232 e. The SMILES string of the molecule is Cc1ccc(-c2ccc(SCC(=O)N3CCC(C)CC3)nn2)cc1C. The van der Waals surface area contributed by atoms with E-state index in [2.05, 4.69) is 49.2 Å². The van der Waals surface area contributed by atoms with Gasteiger partial charge in [-0.2, -0.15) is 0 Å². The van der Waals surface area contributed by atoms with Crippen LogP contribution < -0.4 is 0 Å². The lowest BCUT2D eigenvalue weighted by Crippen LogP contribution is -2.38. The molecular formula is C20H25N3OS. The number of nitrogens with zero attached hydrogens (tertiary/aromatic N) is 3. The van der Waals surface area contributed by atoms with Crippen molar-refractivity contribution in [3.63, 3.8) is 0 Å². The van der Waals surface area contributed by atoms with Crippen LogP contribution in [0.4, 0.5) is 0 Å². The van der Waals surface area contributed by atoms with Gasteiger partial charge in [-0.15, -0.1) is 10.2 Å². The second-order valence-electron chi connectivity index (χ2n) is 6.91. The Kier molecular flexibility index (Phi) is 5.74. The minimum absolute atomic E-state index is 0.205. The lowest BCUT2D eigenvalue weighted by Gasteiger charge is -2.30. The number of carbonyl (C=O) groups is 1. The van der Waals surface area contributed by atoms with Gasteiger partial charge < -0.3 is 4.90 Å². The maximum absolute atomic E-state index is 12.3. The number of aryl methyl sites for hydroxylation is 2. The first-order valence-electron chi connectivity index (χ1n) is 8.85. The topological polar surface area (TPSA) is 46.1 Å². The van der Waals surface area contributed by atoms with Crippen molar-refractivity contribution < 1.29 is 4.79 Å². The van der Waals surface area contributed by atoms with Crippen LogP contribution in [0.1, 0.15) is 30.9 Å². The van der Waals surface area contributed by atoms with E-state index in [1.807, 2.05) is 17.0 Å². The molecule has 1 aliphatic rings. The van der Waals surface area contributed by atoms with Crippen molar-refractivity contribution in [3.05, 3.63) is 41.5 Å². The highest BCUT2D eigenvalue weighted by atomic mass is 32.2. The van der Waals surface area contributed by atoms with E-state index in [9.17, 15) is 4.79 Å². The zero-order chi connectivity index (χ0) is 17.8. The fourth-order valence-corrected chi connectivity index (χ4v) is 3.65. The number of hydrogen-bond donors (Lipinski definition) is 0. The van der Waals surface area contributed by atoms with Crippen molar-refractivity contribution in [2.45, 2.75) is 38.6 Å². The predicted molar refractivity (Wildman–Crippen MR) is 103 cm³/mol. The first-order chi connectivity index (χ1) is 12.0. The first kappa shape index (κ1) is 17.9. The normalized spacial score (nSPS) is 15.4. The van der Waals surface area contributed by atoms with E-state index in [1.54, 1.807) is 0 Å². The molecule has 0 saturated carbocycles. The highest BCUT2D eigenvalue weighted by molar-refractivity contribution is 7.99. The third kappa shape index (κ3) is 4.60. The number of aromatic nitrogens is 2. The van der Waals surface area contributed by atoms with Crippen LogP contribution in [0, 0.1) is 19.8 Å². The molecule has 1 aliphatic heterocycles. The molecule has 0 aliphatic carbocycles. The van der Waals surface area contributed by atoms with E-state index in [4.69, 9.17) is 0 Å². The minimum Gasteiger partial charge on any atom is -0.342 e. The van der Waals surface area contributed by atoms with Gasteiger partial charge in [-0.05, 0) is 61.9 Å². The average molecular weight is 356 g/mol. The van der Waals surface area contributed by atoms with Crippen molar-refractivity contribution >= 4 is 17.7 Å². The van der Waals surface area contributed by atoms with Crippen LogP contribution in [-0.2, 0) is 4.79 Å². The number of hydrogen-bond acceptors (Lipinski definition) is 4. The summed E-state index contributed by atoms with van der Waals surface area (Å²) >= 11 is 1.47. The quantitative estimate of drug-likeness (QED) is 0.774. The van der Waals surface area contributed by atoms with Gasteiger partial charge in [-0.1, -0.05) is 30.8 Å². The van der Waals surface area contributed by atoms with Gasteiger partial charge in [-0.3, -0.25) is 4.79 Å². The molecule has 1 aromatic heterocycles. The molecule has 0 N–H and O–H groups in total. The van der Waals surface area contributed by atoms with Crippen molar-refractivity contribution in [1.82, 2.24) is 15.1 Å². The average Bonchev–Trinajstić information content (AvgIpc) is 2.63. The van der Waals surface area contributed by atoms with E-state index in [0.717, 1.165) is 48.1 Å². The highest BCUT2D eigenvalue weighted by Gasteiger charge is 2.20. The summed E-state index contributed by atoms with van der Waals surface area (Å²) in [6.45, 7) is 8.23. The van der Waals surface area contributed by atoms with Crippen molar-refractivity contribution in [3.8, 4) is 11.3 Å². The molecule has 3 rings (SSSR count). The summed E-state index contributed by atoms with van der Waals surface area (Å²) in [5.41, 5.74) is 4.46. The molecule has 0 bridgehead atoms. The summed E-state index contributed by atoms with van der Waals surface area (Å²) in [6.07, 6.45) is 2.22. The maximum atomic E-state index is 12.3. The minimum atomic E-state index is 0.205. The van der Waals surface area contributed by atoms with E-state index in [-0.39, 0.29) is 5.91 Å². The molecule has 0 unspecified atom stereocenters. The van der Waals surface area contributed by atoms with E-state index >= 15 is 0 Å². The van der Waals surface area contributed by atoms with Crippen LogP contribution in [0.3, 0.4) is 0 Å². The standard InChI is InChI=1S/C20H25N3OS/c1-14-8-10-23(11-9-14)20(24)13-25-19-7-6-18(21-22-19)17-5-4-15(2)16(3)12-17/h4-7,12,14H,8-11,13H2,1-3H3. The molecule has 132 valence electrons. The lowest BCUT2D eigenvalue weighted by atomic mass is 9.99. The van der Waals surface area contributed by atoms with Gasteiger partial charge in [0.25, 0.3) is 0 Å². The second kappa shape index (κ2) is 8.00. The zero-order valence-electron chi connectivity index (χ0n) is 15.2. The third-order valence-corrected chi connectivity index (χ3v) is 5.83. The lowest BCUT2D eigenvalue weighted by molar-refractivity contribution is -0.129. The van der Waals surface area contributed by atoms with Gasteiger partial charge in [0.05, 0.1) is 11.4 Å². The third-order valence-electron chi connectivity index (χ3n) is 4.92. The molecule has 1 fully saturated rings. The summed E-state index contributed by atoms with van der Waals surface area (Å²) in [6, 6.07) is 10.2. The summed E-state index contributed by atoms with van der Waals surface area (Å²) in [5.74, 6) is 1.38. The molecule has 5 heteroatoms. The summed E-state index contributed by atoms with van der Waals surface area (Å²) in [7, 11) is 0. The summed E-state index contributed by atoms with van der Waals surface area (Å²) in [4.78, 5) is 14.3. The van der Waals surface area contributed by atoms with Crippen molar-refractivity contribution in [2.24, 2.45) is 5.92 Å². The molecule has 0 spiro atoms. The smallest absolute Gasteiger partial charge is 0.232 e. The molecule has 2 aromatic rings. The predicted octanol–water partition coefficient (Wildman–Crippen LogP) is 4.11. The van der Waals surface area contributed by atoms with Gasteiger partial charge in [-0.25, -0.2) is 0 Å². The van der Waals surface area contributed by atoms with Crippen LogP contribution in [-0.4, -0.2) is 39.8 Å². The second-order valence-corrected chi connectivity index (χ2v) is 7.90. The summed E-state index contributed by atoms with van der Waals surface area (Å²) in [5, 5.41) is 9.40. The largest absolute Gasteiger partial charge is 0.342 e. The van der Waals surface area contributed by atoms with E-state index in [0.29, 0.717) is 5.75 Å². The number of likely N-dealkylation sites (tertiary alicyclic amines) is 1. The Morgan fingerprint density at radius 1 is 1.12 bits per heavy atom. The Morgan fingerprint density at radius 2 is 1.88 bits per heavy atom. The molecule has 0 radical (unpaired) electrons. The highest BCUT2D eigenvalue weighted by Crippen LogP contribution is 2.23. The molecule has 1 aromatic carbocycles. The first-order valence-corrected chi connectivity index (χ1v) is 9.83. The summed E-state index contributed by atoms with van der Waals surface area (Å²) < 4.78 is 0. The fraction of sp³-hybridized carbons (Fsp3) is 0.450. The van der Waals surface area contributed by atoms with Gasteiger partial charge in [0.1, 0.15) is 5.03 Å². The number of amides is 1. The Hall–Kier alpha value is -1.88. The van der Waals surface area contributed by atoms with Gasteiger partial charge in [0.15, 0.2) is 0 Å². The number of benzene rings is 1. The molecule has 25 heavy (non-hydrogen) atoms. The Balaban J connectivity index is 1.57. The van der Waals surface area contributed by atoms with E-state index in [1.165, 1.54) is 22.9 Å². The number of thioether (sulfide) groups is 1. The fourth-order valence-electron chi connectivity index (χ4n) is 2.94. The molecule has 0 atom stereocenters. The molecule has 1 saturated heterocycles. The molecule has 2 heterocycles. The van der Waals surface area contributed by atoms with Crippen LogP contribution in [0.25, 0.3) is 11.3 Å². The van der Waals surface area contributed by atoms with Gasteiger partial charge in [0.2, 0.25) is 5.91 Å². The Labute approximate surface area is 154 Å². The van der Waals surface area contributed by atoms with Crippen LogP contribution in [0.15, 0.2) is 35.4 Å². The number of rotatable bonds is 4. The van der Waals surface area contributed by atoms with Crippen molar-refractivity contribution in [2.75, 3.05) is 18.8 Å². The van der Waals surface area contributed by atoms with Crippen molar-refractivity contribution in [1.29, 1.82) is 0 Å². The van der Waals surface area contributed by atoms with Gasteiger partial charge >= 0.3 is 0 Å². The van der Waals surface area contributed by atoms with Gasteiger partial charge in [0, 0.05) is 18.7 Å².